The molecule has 0 aromatic heterocycles. The molecule has 0 aliphatic carbocycles. The zero-order chi connectivity index (χ0) is 79.7. The third-order valence-corrected chi connectivity index (χ3v) is 15.3. The Bertz CT molecular complexity index is 4510. The van der Waals surface area contributed by atoms with Crippen LogP contribution in [0.3, 0.4) is 0 Å². The van der Waals surface area contributed by atoms with Crippen molar-refractivity contribution >= 4 is 111 Å². The number of phenolic OH excluding ortho intramolecular Hbond substituents is 1. The maximum Gasteiger partial charge on any atom is 0.337 e. The van der Waals surface area contributed by atoms with Crippen molar-refractivity contribution < 1.29 is 108 Å². The summed E-state index contributed by atoms with van der Waals surface area (Å²) >= 11 is 2.17. The van der Waals surface area contributed by atoms with E-state index in [2.05, 4.69) is 50.8 Å². The Morgan fingerprint density at radius 2 is 0.963 bits per heavy atom. The number of nitrogens with zero attached hydrogens (tertiary/aromatic N) is 1. The number of ether oxygens (including phenoxy) is 1. The number of carboxylic acids is 7. The number of nitrogens with one attached hydrogen (secondary N) is 4. The number of halogens is 1. The third-order valence-electron chi connectivity index (χ3n) is 14.6. The van der Waals surface area contributed by atoms with Crippen molar-refractivity contribution in [1.82, 2.24) is 10.6 Å². The van der Waals surface area contributed by atoms with E-state index in [1.54, 1.807) is 84.9 Å². The van der Waals surface area contributed by atoms with E-state index in [1.165, 1.54) is 99.3 Å². The third kappa shape index (κ3) is 31.7. The number of amides is 4. The molecule has 4 amide bonds. The highest BCUT2D eigenvalue weighted by Crippen LogP contribution is 2.26. The van der Waals surface area contributed by atoms with Crippen molar-refractivity contribution in [2.24, 2.45) is 0 Å². The highest BCUT2D eigenvalue weighted by molar-refractivity contribution is 14.1. The number of carboxylic acid groups (broad SMARTS) is 7. The second-order valence-corrected chi connectivity index (χ2v) is 23.9. The van der Waals surface area contributed by atoms with E-state index in [4.69, 9.17) is 40.5 Å². The standard InChI is InChI=1S/C20H24O3.C16H15NO3.C14H10O4.C10H10INO3.C10H9NO5.C9H8N2O5/c1-2-3-4-5-6-15-23-19-13-11-17(12-14-19)16-7-9-18(10-8-16)20(21)22;18-15(19)11-14(12-7-3-1-4-8-12)17-16(20)13-9-5-2-6-10-13;15-12-8-4-3-7-11(12)13(16)9-5-1-2-6-10(9)14(17)18;11-7-1-3-8(4-2-7)12-9(13)5-6-10(14)15;1-5(12)11-8-6(9(13)14)3-2-4-7(8)10(15)16;12-8(13)5-10-9(14)6-1-3-7(4-2-6)11(15)16/h7-14H,2-6,15H2,1H3,(H,21,22);1-10,14H,11H2,(H,17,20)(H,18,19);1-8,15H,(H,17,18);1-4H,5-6H2,(H,12,13)(H,14,15);2-4H,1H3,(H,11,12)(H,13,14)(H,15,16);1-4H,5H2,(H,10,14)(H,12,13). The maximum absolute atomic E-state index is 12.2. The van der Waals surface area contributed by atoms with Gasteiger partial charge in [-0.15, -0.1) is 0 Å². The lowest BCUT2D eigenvalue weighted by atomic mass is 9.98. The van der Waals surface area contributed by atoms with Gasteiger partial charge in [0.05, 0.1) is 63.9 Å². The van der Waals surface area contributed by atoms with Crippen molar-refractivity contribution in [3.05, 3.63) is 288 Å². The lowest BCUT2D eigenvalue weighted by Crippen LogP contribution is -2.30. The second-order valence-electron chi connectivity index (χ2n) is 22.6. The van der Waals surface area contributed by atoms with Crippen LogP contribution in [-0.4, -0.2) is 130 Å². The van der Waals surface area contributed by atoms with Crippen LogP contribution in [0.15, 0.2) is 224 Å². The number of carbonyl (C=O) groups excluding carboxylic acids is 5. The summed E-state index contributed by atoms with van der Waals surface area (Å²) in [5.74, 6) is -9.21. The number of unbranched alkanes of at least 4 members (excludes halogenated alkanes) is 4. The minimum absolute atomic E-state index is 0.00131. The van der Waals surface area contributed by atoms with E-state index in [0.717, 1.165) is 39.0 Å². The number of non-ortho nitro benzene ring substituents is 1. The number of hydrogen-bond donors (Lipinski definition) is 12. The maximum atomic E-state index is 12.2. The Morgan fingerprint density at radius 1 is 0.472 bits per heavy atom. The number of aromatic hydroxyl groups is 1. The summed E-state index contributed by atoms with van der Waals surface area (Å²) in [4.78, 5) is 142. The molecule has 0 heterocycles. The number of carbonyl (C=O) groups is 12. The number of phenols is 1. The van der Waals surface area contributed by atoms with Gasteiger partial charge in [0.25, 0.3) is 17.5 Å². The van der Waals surface area contributed by atoms with Crippen LogP contribution in [0.4, 0.5) is 17.1 Å². The summed E-state index contributed by atoms with van der Waals surface area (Å²) in [6.07, 6.45) is 5.87. The van der Waals surface area contributed by atoms with Gasteiger partial charge in [-0.1, -0.05) is 142 Å². The number of hydrogen-bond acceptors (Lipinski definition) is 16. The number of para-hydroxylation sites is 2. The first kappa shape index (κ1) is 87.0. The van der Waals surface area contributed by atoms with Gasteiger partial charge in [0.1, 0.15) is 18.0 Å². The zero-order valence-electron chi connectivity index (χ0n) is 58.0. The van der Waals surface area contributed by atoms with E-state index in [9.17, 15) is 72.8 Å². The van der Waals surface area contributed by atoms with Crippen LogP contribution in [0.25, 0.3) is 11.1 Å². The monoisotopic (exact) mass is 1590 g/mol. The van der Waals surface area contributed by atoms with Crippen molar-refractivity contribution in [2.75, 3.05) is 23.8 Å². The van der Waals surface area contributed by atoms with E-state index >= 15 is 0 Å². The normalized spacial score (nSPS) is 10.2. The molecule has 9 rings (SSSR count). The summed E-state index contributed by atoms with van der Waals surface area (Å²) in [6.45, 7) is 3.66. The van der Waals surface area contributed by atoms with Gasteiger partial charge in [0.15, 0.2) is 5.78 Å². The molecule has 0 fully saturated rings. The SMILES string of the molecule is CC(=O)Nc1c(C(=O)O)cccc1C(=O)O.CCCCCCCOc1ccc(-c2ccc(C(=O)O)cc2)cc1.O=C(O)CC(NC(=O)c1ccccc1)c1ccccc1.O=C(O)CCC(=O)Nc1ccc(I)cc1.O=C(O)CNC(=O)c1ccc([N+](=O)[O-])cc1.O=C(O)c1ccccc1C(=O)c1ccccc1O. The Labute approximate surface area is 632 Å². The molecular formula is C79H76IN5O23. The smallest absolute Gasteiger partial charge is 0.337 e. The molecule has 9 aromatic rings. The second kappa shape index (κ2) is 46.3. The molecule has 0 aliphatic rings. The molecule has 29 heteroatoms. The number of aliphatic carboxylic acids is 3. The molecule has 28 nitrogen and oxygen atoms in total. The molecular weight excluding hydrogens is 1510 g/mol. The predicted molar refractivity (Wildman–Crippen MR) is 406 cm³/mol. The average Bonchev–Trinajstić information content (AvgIpc) is 0.812. The molecule has 0 bridgehead atoms. The lowest BCUT2D eigenvalue weighted by molar-refractivity contribution is -0.384. The number of benzene rings is 9. The van der Waals surface area contributed by atoms with Crippen LogP contribution in [0.2, 0.25) is 0 Å². The fourth-order valence-corrected chi connectivity index (χ4v) is 9.61. The number of nitro benzene ring substituents is 1. The number of rotatable bonds is 28. The van der Waals surface area contributed by atoms with Crippen molar-refractivity contribution in [1.29, 1.82) is 0 Å². The predicted octanol–water partition coefficient (Wildman–Crippen LogP) is 13.9. The van der Waals surface area contributed by atoms with Crippen LogP contribution >= 0.6 is 22.6 Å². The van der Waals surface area contributed by atoms with E-state index in [0.29, 0.717) is 16.8 Å². The van der Waals surface area contributed by atoms with Crippen molar-refractivity contribution in [3.63, 3.8) is 0 Å². The van der Waals surface area contributed by atoms with Gasteiger partial charge in [-0.3, -0.25) is 48.5 Å². The highest BCUT2D eigenvalue weighted by atomic mass is 127. The van der Waals surface area contributed by atoms with Crippen molar-refractivity contribution in [2.45, 2.75) is 71.3 Å². The van der Waals surface area contributed by atoms with Gasteiger partial charge >= 0.3 is 41.8 Å². The molecule has 0 radical (unpaired) electrons. The first-order chi connectivity index (χ1) is 51.5. The Kier molecular flexibility index (Phi) is 37.3. The number of anilines is 2. The van der Waals surface area contributed by atoms with Crippen LogP contribution in [0.5, 0.6) is 11.5 Å². The van der Waals surface area contributed by atoms with Gasteiger partial charge in [0.2, 0.25) is 11.8 Å². The Hall–Kier alpha value is -13.5. The molecule has 1 atom stereocenters. The number of nitro groups is 1. The zero-order valence-corrected chi connectivity index (χ0v) is 60.2. The van der Waals surface area contributed by atoms with Crippen LogP contribution in [0.1, 0.15) is 155 Å². The number of ketones is 1. The van der Waals surface area contributed by atoms with E-state index in [-0.39, 0.29) is 81.6 Å². The van der Waals surface area contributed by atoms with E-state index in [1.807, 2.05) is 72.8 Å². The molecule has 0 saturated heterocycles. The fourth-order valence-electron chi connectivity index (χ4n) is 9.26. The summed E-state index contributed by atoms with van der Waals surface area (Å²) < 4.78 is 6.83. The molecule has 0 aliphatic heterocycles. The van der Waals surface area contributed by atoms with Gasteiger partial charge in [-0.2, -0.15) is 0 Å². The first-order valence-electron chi connectivity index (χ1n) is 32.7. The molecule has 0 spiro atoms. The topological polar surface area (TPSA) is 467 Å². The highest BCUT2D eigenvalue weighted by Gasteiger charge is 2.22. The molecule has 108 heavy (non-hydrogen) atoms. The van der Waals surface area contributed by atoms with Gasteiger partial charge in [0, 0.05) is 51.4 Å². The summed E-state index contributed by atoms with van der Waals surface area (Å²) in [6, 6.07) is 60.0. The Balaban J connectivity index is 0.000000276. The van der Waals surface area contributed by atoms with Crippen LogP contribution in [0, 0.1) is 13.7 Å². The van der Waals surface area contributed by atoms with Crippen LogP contribution in [-0.2, 0) is 24.0 Å². The molecule has 562 valence electrons. The van der Waals surface area contributed by atoms with Gasteiger partial charge < -0.3 is 66.9 Å². The quantitative estimate of drug-likeness (QED) is 0.00712. The molecule has 12 N–H and O–H groups in total. The summed E-state index contributed by atoms with van der Waals surface area (Å²) in [5.41, 5.74) is 3.74. The van der Waals surface area contributed by atoms with Crippen molar-refractivity contribution in [3.8, 4) is 22.6 Å². The van der Waals surface area contributed by atoms with Gasteiger partial charge in [-0.25, -0.2) is 19.2 Å². The van der Waals surface area contributed by atoms with Crippen LogP contribution < -0.4 is 26.0 Å². The fraction of sp³-hybridized carbons (Fsp3) is 0.165. The summed E-state index contributed by atoms with van der Waals surface area (Å²) in [7, 11) is 0. The van der Waals surface area contributed by atoms with Gasteiger partial charge in [-0.05, 0) is 149 Å². The Morgan fingerprint density at radius 3 is 1.46 bits per heavy atom. The molecule has 0 saturated carbocycles. The molecule has 1 unspecified atom stereocenters. The number of aromatic carboxylic acids is 4. The van der Waals surface area contributed by atoms with E-state index < -0.39 is 76.9 Å². The first-order valence-corrected chi connectivity index (χ1v) is 33.8. The molecule has 9 aromatic carbocycles. The largest absolute Gasteiger partial charge is 0.507 e. The minimum Gasteiger partial charge on any atom is -0.507 e. The average molecular weight is 1590 g/mol. The minimum atomic E-state index is -1.30. The lowest BCUT2D eigenvalue weighted by Gasteiger charge is -2.17. The summed E-state index contributed by atoms with van der Waals surface area (Å²) in [5, 5.41) is 90.9.